The summed E-state index contributed by atoms with van der Waals surface area (Å²) in [5, 5.41) is 8.55. The molecule has 1 N–H and O–H groups in total. The van der Waals surface area contributed by atoms with Gasteiger partial charge in [0, 0.05) is 11.8 Å². The van der Waals surface area contributed by atoms with Crippen molar-refractivity contribution in [3.05, 3.63) is 35.9 Å². The summed E-state index contributed by atoms with van der Waals surface area (Å²) in [4.78, 5) is 10.4. The van der Waals surface area contributed by atoms with Crippen LogP contribution in [0, 0.1) is 0 Å². The van der Waals surface area contributed by atoms with Gasteiger partial charge in [-0.3, -0.25) is 0 Å². The minimum absolute atomic E-state index is 0.677. The number of hydrogen-bond donors (Lipinski definition) is 1. The van der Waals surface area contributed by atoms with Crippen molar-refractivity contribution in [2.24, 2.45) is 0 Å². The second kappa shape index (κ2) is 8.64. The van der Waals surface area contributed by atoms with Crippen LogP contribution in [0.5, 0.6) is 5.75 Å². The standard InChI is InChI=1S/C14H18O3S/c1-2-9-18-10-8-17-13-5-3-4-12(11-13)6-7-14(15)16/h3-7,11H,2,8-10H2,1H3,(H,15,16). The molecule has 3 nitrogen and oxygen atoms in total. The molecule has 0 amide bonds. The molecule has 98 valence electrons. The van der Waals surface area contributed by atoms with Gasteiger partial charge in [-0.05, 0) is 35.9 Å². The van der Waals surface area contributed by atoms with Crippen molar-refractivity contribution in [2.45, 2.75) is 13.3 Å². The number of benzene rings is 1. The maximum Gasteiger partial charge on any atom is 0.328 e. The largest absolute Gasteiger partial charge is 0.493 e. The SMILES string of the molecule is CCCSCCOc1cccc(C=CC(=O)O)c1. The van der Waals surface area contributed by atoms with E-state index in [-0.39, 0.29) is 0 Å². The molecule has 1 aromatic carbocycles. The Bertz CT molecular complexity index is 402. The number of aliphatic carboxylic acids is 1. The predicted molar refractivity (Wildman–Crippen MR) is 76.2 cm³/mol. The monoisotopic (exact) mass is 266 g/mol. The van der Waals surface area contributed by atoms with E-state index in [1.165, 1.54) is 6.42 Å². The van der Waals surface area contributed by atoms with Gasteiger partial charge >= 0.3 is 5.97 Å². The highest BCUT2D eigenvalue weighted by Crippen LogP contribution is 2.15. The summed E-state index contributed by atoms with van der Waals surface area (Å²) in [6, 6.07) is 7.42. The highest BCUT2D eigenvalue weighted by Gasteiger charge is 1.96. The van der Waals surface area contributed by atoms with Gasteiger partial charge in [-0.15, -0.1) is 0 Å². The van der Waals surface area contributed by atoms with E-state index >= 15 is 0 Å². The van der Waals surface area contributed by atoms with Crippen molar-refractivity contribution >= 4 is 23.8 Å². The van der Waals surface area contributed by atoms with Crippen molar-refractivity contribution in [2.75, 3.05) is 18.1 Å². The fourth-order valence-electron chi connectivity index (χ4n) is 1.34. The van der Waals surface area contributed by atoms with Crippen LogP contribution in [0.2, 0.25) is 0 Å². The molecule has 0 radical (unpaired) electrons. The van der Waals surface area contributed by atoms with E-state index in [4.69, 9.17) is 9.84 Å². The summed E-state index contributed by atoms with van der Waals surface area (Å²) >= 11 is 1.87. The van der Waals surface area contributed by atoms with Crippen molar-refractivity contribution in [1.82, 2.24) is 0 Å². The topological polar surface area (TPSA) is 46.5 Å². The first kappa shape index (κ1) is 14.6. The third-order valence-electron chi connectivity index (χ3n) is 2.12. The van der Waals surface area contributed by atoms with Crippen molar-refractivity contribution < 1.29 is 14.6 Å². The number of carboxylic acids is 1. The highest BCUT2D eigenvalue weighted by molar-refractivity contribution is 7.99. The van der Waals surface area contributed by atoms with Gasteiger partial charge in [0.15, 0.2) is 0 Å². The van der Waals surface area contributed by atoms with E-state index in [2.05, 4.69) is 6.92 Å². The number of carbonyl (C=O) groups is 1. The molecule has 4 heteroatoms. The molecule has 18 heavy (non-hydrogen) atoms. The molecule has 0 spiro atoms. The van der Waals surface area contributed by atoms with Crippen molar-refractivity contribution in [3.8, 4) is 5.75 Å². The Hall–Kier alpha value is -1.42. The summed E-state index contributed by atoms with van der Waals surface area (Å²) in [5.74, 6) is 1.96. The fraction of sp³-hybridized carbons (Fsp3) is 0.357. The molecule has 0 aromatic heterocycles. The van der Waals surface area contributed by atoms with Crippen molar-refractivity contribution in [1.29, 1.82) is 0 Å². The minimum Gasteiger partial charge on any atom is -0.493 e. The highest BCUT2D eigenvalue weighted by atomic mass is 32.2. The molecule has 0 unspecified atom stereocenters. The second-order valence-corrected chi connectivity index (χ2v) is 4.93. The Balaban J connectivity index is 2.42. The fourth-order valence-corrected chi connectivity index (χ4v) is 2.03. The predicted octanol–water partition coefficient (Wildman–Crippen LogP) is 3.31. The van der Waals surface area contributed by atoms with Gasteiger partial charge in [0.25, 0.3) is 0 Å². The molecular weight excluding hydrogens is 248 g/mol. The molecule has 0 aliphatic heterocycles. The van der Waals surface area contributed by atoms with Crippen LogP contribution in [0.25, 0.3) is 6.08 Å². The van der Waals surface area contributed by atoms with Crippen LogP contribution >= 0.6 is 11.8 Å². The lowest BCUT2D eigenvalue weighted by Gasteiger charge is -2.06. The van der Waals surface area contributed by atoms with Gasteiger partial charge in [0.1, 0.15) is 5.75 Å². The van der Waals surface area contributed by atoms with Gasteiger partial charge in [-0.2, -0.15) is 11.8 Å². The van der Waals surface area contributed by atoms with Gasteiger partial charge in [-0.25, -0.2) is 4.79 Å². The Morgan fingerprint density at radius 3 is 3.00 bits per heavy atom. The Labute approximate surface area is 112 Å². The molecular formula is C14H18O3S. The van der Waals surface area contributed by atoms with Crippen LogP contribution in [0.15, 0.2) is 30.3 Å². The molecule has 1 aromatic rings. The van der Waals surface area contributed by atoms with Crippen LogP contribution in [0.4, 0.5) is 0 Å². The molecule has 0 saturated carbocycles. The molecule has 0 atom stereocenters. The van der Waals surface area contributed by atoms with Gasteiger partial charge in [0.05, 0.1) is 6.61 Å². The molecule has 1 rings (SSSR count). The number of ether oxygens (including phenoxy) is 1. The van der Waals surface area contributed by atoms with Crippen LogP contribution in [-0.2, 0) is 4.79 Å². The summed E-state index contributed by atoms with van der Waals surface area (Å²) in [6.45, 7) is 2.84. The summed E-state index contributed by atoms with van der Waals surface area (Å²) in [6.07, 6.45) is 3.86. The van der Waals surface area contributed by atoms with Gasteiger partial charge in [0.2, 0.25) is 0 Å². The lowest BCUT2D eigenvalue weighted by Crippen LogP contribution is -2.00. The summed E-state index contributed by atoms with van der Waals surface area (Å²) in [7, 11) is 0. The van der Waals surface area contributed by atoms with Crippen LogP contribution in [0.1, 0.15) is 18.9 Å². The lowest BCUT2D eigenvalue weighted by atomic mass is 10.2. The molecule has 0 aliphatic rings. The summed E-state index contributed by atoms with van der Waals surface area (Å²) in [5.41, 5.74) is 0.830. The van der Waals surface area contributed by atoms with E-state index in [0.717, 1.165) is 28.9 Å². The van der Waals surface area contributed by atoms with Crippen molar-refractivity contribution in [3.63, 3.8) is 0 Å². The lowest BCUT2D eigenvalue weighted by molar-refractivity contribution is -0.131. The zero-order valence-corrected chi connectivity index (χ0v) is 11.3. The number of rotatable bonds is 8. The van der Waals surface area contributed by atoms with Gasteiger partial charge < -0.3 is 9.84 Å². The minimum atomic E-state index is -0.947. The van der Waals surface area contributed by atoms with Crippen LogP contribution < -0.4 is 4.74 Å². The average Bonchev–Trinajstić information content (AvgIpc) is 2.37. The van der Waals surface area contributed by atoms with E-state index < -0.39 is 5.97 Å². The van der Waals surface area contributed by atoms with E-state index in [0.29, 0.717) is 6.61 Å². The third kappa shape index (κ3) is 6.35. The molecule has 0 fully saturated rings. The molecule has 0 bridgehead atoms. The second-order valence-electron chi connectivity index (χ2n) is 3.70. The number of carboxylic acid groups (broad SMARTS) is 1. The first-order valence-corrected chi connectivity index (χ1v) is 7.09. The van der Waals surface area contributed by atoms with E-state index in [9.17, 15) is 4.79 Å². The first-order chi connectivity index (χ1) is 8.72. The smallest absolute Gasteiger partial charge is 0.328 e. The normalized spacial score (nSPS) is 10.7. The average molecular weight is 266 g/mol. The van der Waals surface area contributed by atoms with Crippen LogP contribution in [0.3, 0.4) is 0 Å². The molecule has 0 aliphatic carbocycles. The zero-order valence-electron chi connectivity index (χ0n) is 10.5. The Morgan fingerprint density at radius 1 is 1.44 bits per heavy atom. The summed E-state index contributed by atoms with van der Waals surface area (Å²) < 4.78 is 5.60. The van der Waals surface area contributed by atoms with E-state index in [1.807, 2.05) is 36.0 Å². The van der Waals surface area contributed by atoms with Crippen LogP contribution in [-0.4, -0.2) is 29.2 Å². The number of thioether (sulfide) groups is 1. The number of hydrogen-bond acceptors (Lipinski definition) is 3. The molecule has 0 saturated heterocycles. The Kier molecular flexibility index (Phi) is 7.03. The quantitative estimate of drug-likeness (QED) is 0.579. The van der Waals surface area contributed by atoms with Gasteiger partial charge in [-0.1, -0.05) is 19.1 Å². The maximum atomic E-state index is 10.4. The molecule has 0 heterocycles. The zero-order chi connectivity index (χ0) is 13.2. The van der Waals surface area contributed by atoms with E-state index in [1.54, 1.807) is 6.08 Å². The maximum absolute atomic E-state index is 10.4. The first-order valence-electron chi connectivity index (χ1n) is 5.94. The third-order valence-corrected chi connectivity index (χ3v) is 3.27. The Morgan fingerprint density at radius 2 is 2.28 bits per heavy atom.